The lowest BCUT2D eigenvalue weighted by Gasteiger charge is -2.10. The number of aliphatic hydroxyl groups is 1. The number of nitrogens with zero attached hydrogens (tertiary/aromatic N) is 2. The SMILES string of the molecule is CC(C)c1ncc(NCCCO)c(C(=O)O)n1. The average molecular weight is 239 g/mol. The van der Waals surface area contributed by atoms with Crippen molar-refractivity contribution in [2.24, 2.45) is 0 Å². The quantitative estimate of drug-likeness (QED) is 0.643. The van der Waals surface area contributed by atoms with Gasteiger partial charge in [-0.25, -0.2) is 14.8 Å². The van der Waals surface area contributed by atoms with Crippen LogP contribution in [0.2, 0.25) is 0 Å². The highest BCUT2D eigenvalue weighted by Crippen LogP contribution is 2.16. The molecule has 1 heterocycles. The van der Waals surface area contributed by atoms with E-state index in [2.05, 4.69) is 15.3 Å². The number of carboxylic acid groups (broad SMARTS) is 1. The molecule has 1 aromatic rings. The van der Waals surface area contributed by atoms with Gasteiger partial charge in [-0.1, -0.05) is 13.8 Å². The van der Waals surface area contributed by atoms with Gasteiger partial charge in [0.25, 0.3) is 0 Å². The van der Waals surface area contributed by atoms with Gasteiger partial charge >= 0.3 is 5.97 Å². The molecule has 0 aromatic carbocycles. The number of hydrogen-bond acceptors (Lipinski definition) is 5. The van der Waals surface area contributed by atoms with Crippen LogP contribution in [-0.4, -0.2) is 39.3 Å². The monoisotopic (exact) mass is 239 g/mol. The summed E-state index contributed by atoms with van der Waals surface area (Å²) >= 11 is 0. The number of nitrogens with one attached hydrogen (secondary N) is 1. The topological polar surface area (TPSA) is 95.3 Å². The van der Waals surface area contributed by atoms with Crippen molar-refractivity contribution >= 4 is 11.7 Å². The number of hydrogen-bond donors (Lipinski definition) is 3. The number of aliphatic hydroxyl groups excluding tert-OH is 1. The summed E-state index contributed by atoms with van der Waals surface area (Å²) in [6.07, 6.45) is 2.02. The standard InChI is InChI=1S/C11H17N3O3/c1-7(2)10-13-6-8(12-4-3-5-15)9(14-10)11(16)17/h6-7,12,15H,3-5H2,1-2H3,(H,16,17). The third-order valence-electron chi connectivity index (χ3n) is 2.18. The van der Waals surface area contributed by atoms with Crippen molar-refractivity contribution in [1.82, 2.24) is 9.97 Å². The Bertz CT molecular complexity index is 394. The van der Waals surface area contributed by atoms with Crippen LogP contribution in [0.4, 0.5) is 5.69 Å². The first-order valence-electron chi connectivity index (χ1n) is 5.51. The maximum absolute atomic E-state index is 11.0. The first-order valence-corrected chi connectivity index (χ1v) is 5.51. The van der Waals surface area contributed by atoms with Crippen molar-refractivity contribution in [3.63, 3.8) is 0 Å². The summed E-state index contributed by atoms with van der Waals surface area (Å²) in [5.41, 5.74) is 0.358. The molecular formula is C11H17N3O3. The van der Waals surface area contributed by atoms with Crippen LogP contribution >= 0.6 is 0 Å². The molecule has 1 aromatic heterocycles. The Morgan fingerprint density at radius 1 is 1.53 bits per heavy atom. The van der Waals surface area contributed by atoms with Crippen LogP contribution in [0.1, 0.15) is 42.5 Å². The highest BCUT2D eigenvalue weighted by Gasteiger charge is 2.15. The summed E-state index contributed by atoms with van der Waals surface area (Å²) in [4.78, 5) is 19.2. The van der Waals surface area contributed by atoms with Crippen LogP contribution in [0, 0.1) is 0 Å². The fraction of sp³-hybridized carbons (Fsp3) is 0.545. The van der Waals surface area contributed by atoms with E-state index in [9.17, 15) is 4.79 Å². The Balaban J connectivity index is 2.92. The molecule has 0 aliphatic carbocycles. The maximum atomic E-state index is 11.0. The third kappa shape index (κ3) is 3.67. The molecule has 6 nitrogen and oxygen atoms in total. The van der Waals surface area contributed by atoms with Crippen LogP contribution in [-0.2, 0) is 0 Å². The predicted octanol–water partition coefficient (Wildman–Crippen LogP) is 1.09. The second kappa shape index (κ2) is 6.15. The zero-order valence-corrected chi connectivity index (χ0v) is 9.97. The molecule has 0 spiro atoms. The van der Waals surface area contributed by atoms with Crippen LogP contribution in [0.15, 0.2) is 6.20 Å². The molecule has 0 aliphatic heterocycles. The van der Waals surface area contributed by atoms with Gasteiger partial charge in [0, 0.05) is 19.1 Å². The van der Waals surface area contributed by atoms with Gasteiger partial charge in [0.2, 0.25) is 0 Å². The van der Waals surface area contributed by atoms with Gasteiger partial charge in [0.15, 0.2) is 5.69 Å². The van der Waals surface area contributed by atoms with Gasteiger partial charge in [-0.2, -0.15) is 0 Å². The molecule has 94 valence electrons. The number of anilines is 1. The summed E-state index contributed by atoms with van der Waals surface area (Å²) in [5, 5.41) is 20.6. The van der Waals surface area contributed by atoms with E-state index in [0.29, 0.717) is 24.5 Å². The Labute approximate surface area is 99.7 Å². The number of aromatic nitrogens is 2. The van der Waals surface area contributed by atoms with Gasteiger partial charge in [0.05, 0.1) is 11.9 Å². The lowest BCUT2D eigenvalue weighted by atomic mass is 10.2. The van der Waals surface area contributed by atoms with Crippen LogP contribution in [0.25, 0.3) is 0 Å². The molecule has 0 saturated carbocycles. The molecule has 0 saturated heterocycles. The molecule has 0 atom stereocenters. The molecule has 3 N–H and O–H groups in total. The highest BCUT2D eigenvalue weighted by molar-refractivity contribution is 5.91. The minimum absolute atomic E-state index is 0.0263. The molecule has 0 aliphatic rings. The van der Waals surface area contributed by atoms with Gasteiger partial charge in [-0.3, -0.25) is 0 Å². The highest BCUT2D eigenvalue weighted by atomic mass is 16.4. The number of rotatable bonds is 6. The van der Waals surface area contributed by atoms with E-state index >= 15 is 0 Å². The van der Waals surface area contributed by atoms with E-state index < -0.39 is 5.97 Å². The zero-order valence-electron chi connectivity index (χ0n) is 9.97. The Morgan fingerprint density at radius 2 is 2.24 bits per heavy atom. The van der Waals surface area contributed by atoms with Gasteiger partial charge in [0.1, 0.15) is 5.82 Å². The van der Waals surface area contributed by atoms with Crippen molar-refractivity contribution in [1.29, 1.82) is 0 Å². The summed E-state index contributed by atoms with van der Waals surface area (Å²) in [6, 6.07) is 0. The van der Waals surface area contributed by atoms with E-state index in [0.717, 1.165) is 0 Å². The molecule has 6 heteroatoms. The molecule has 17 heavy (non-hydrogen) atoms. The lowest BCUT2D eigenvalue weighted by molar-refractivity contribution is 0.0691. The maximum Gasteiger partial charge on any atom is 0.356 e. The van der Waals surface area contributed by atoms with Crippen molar-refractivity contribution in [2.45, 2.75) is 26.2 Å². The van der Waals surface area contributed by atoms with E-state index in [1.165, 1.54) is 6.20 Å². The second-order valence-electron chi connectivity index (χ2n) is 3.95. The molecule has 0 fully saturated rings. The minimum Gasteiger partial charge on any atom is -0.476 e. The predicted molar refractivity (Wildman–Crippen MR) is 63.3 cm³/mol. The Kier molecular flexibility index (Phi) is 4.84. The average Bonchev–Trinajstić information content (AvgIpc) is 2.29. The minimum atomic E-state index is -1.08. The van der Waals surface area contributed by atoms with E-state index in [1.807, 2.05) is 13.8 Å². The molecule has 0 bridgehead atoms. The molecule has 0 amide bonds. The number of aromatic carboxylic acids is 1. The van der Waals surface area contributed by atoms with Crippen molar-refractivity contribution in [2.75, 3.05) is 18.5 Å². The van der Waals surface area contributed by atoms with Crippen LogP contribution in [0.5, 0.6) is 0 Å². The Hall–Kier alpha value is -1.69. The Morgan fingerprint density at radius 3 is 2.76 bits per heavy atom. The van der Waals surface area contributed by atoms with Crippen LogP contribution < -0.4 is 5.32 Å². The van der Waals surface area contributed by atoms with Crippen molar-refractivity contribution in [3.05, 3.63) is 17.7 Å². The largest absolute Gasteiger partial charge is 0.476 e. The first kappa shape index (κ1) is 13.4. The molecular weight excluding hydrogens is 222 g/mol. The normalized spacial score (nSPS) is 10.6. The van der Waals surface area contributed by atoms with Crippen molar-refractivity contribution < 1.29 is 15.0 Å². The summed E-state index contributed by atoms with van der Waals surface area (Å²) in [5.74, 6) is -0.490. The number of carbonyl (C=O) groups is 1. The van der Waals surface area contributed by atoms with Crippen LogP contribution in [0.3, 0.4) is 0 Å². The fourth-order valence-corrected chi connectivity index (χ4v) is 1.27. The van der Waals surface area contributed by atoms with Gasteiger partial charge in [-0.15, -0.1) is 0 Å². The van der Waals surface area contributed by atoms with Gasteiger partial charge in [-0.05, 0) is 6.42 Å². The second-order valence-corrected chi connectivity index (χ2v) is 3.95. The van der Waals surface area contributed by atoms with E-state index in [4.69, 9.17) is 10.2 Å². The summed E-state index contributed by atoms with van der Waals surface area (Å²) in [6.45, 7) is 4.35. The van der Waals surface area contributed by atoms with E-state index in [-0.39, 0.29) is 18.2 Å². The zero-order chi connectivity index (χ0) is 12.8. The first-order chi connectivity index (χ1) is 8.06. The summed E-state index contributed by atoms with van der Waals surface area (Å²) in [7, 11) is 0. The lowest BCUT2D eigenvalue weighted by Crippen LogP contribution is -2.13. The molecule has 1 rings (SSSR count). The van der Waals surface area contributed by atoms with Gasteiger partial charge < -0.3 is 15.5 Å². The van der Waals surface area contributed by atoms with Crippen molar-refractivity contribution in [3.8, 4) is 0 Å². The third-order valence-corrected chi connectivity index (χ3v) is 2.18. The summed E-state index contributed by atoms with van der Waals surface area (Å²) < 4.78 is 0. The smallest absolute Gasteiger partial charge is 0.356 e. The number of carboxylic acids is 1. The fourth-order valence-electron chi connectivity index (χ4n) is 1.27. The van der Waals surface area contributed by atoms with E-state index in [1.54, 1.807) is 0 Å². The molecule has 0 radical (unpaired) electrons. The molecule has 0 unspecified atom stereocenters.